The summed E-state index contributed by atoms with van der Waals surface area (Å²) in [6, 6.07) is 14.6. The number of hydrogen-bond donors (Lipinski definition) is 1. The summed E-state index contributed by atoms with van der Waals surface area (Å²) in [5.41, 5.74) is 8.48. The van der Waals surface area contributed by atoms with Crippen molar-refractivity contribution in [2.24, 2.45) is 5.10 Å². The van der Waals surface area contributed by atoms with Crippen LogP contribution in [0, 0.1) is 0 Å². The second-order valence-electron chi connectivity index (χ2n) is 5.26. The highest BCUT2D eigenvalue weighted by Crippen LogP contribution is 2.26. The van der Waals surface area contributed by atoms with Crippen LogP contribution < -0.4 is 5.43 Å². The summed E-state index contributed by atoms with van der Waals surface area (Å²) in [4.78, 5) is 8.67. The lowest BCUT2D eigenvalue weighted by Gasteiger charge is -2.10. The molecule has 1 aliphatic heterocycles. The Bertz CT molecular complexity index is 858. The van der Waals surface area contributed by atoms with Crippen molar-refractivity contribution in [1.82, 2.24) is 15.4 Å². The molecule has 0 amide bonds. The van der Waals surface area contributed by atoms with Crippen LogP contribution in [0.1, 0.15) is 23.6 Å². The number of benzene rings is 2. The maximum absolute atomic E-state index is 4.49. The molecule has 108 valence electrons. The van der Waals surface area contributed by atoms with E-state index in [1.807, 2.05) is 18.2 Å². The monoisotopic (exact) mass is 352 g/mol. The van der Waals surface area contributed by atoms with Gasteiger partial charge in [0.2, 0.25) is 0 Å². The maximum Gasteiger partial charge on any atom is 0.0890 e. The Labute approximate surface area is 136 Å². The zero-order valence-corrected chi connectivity index (χ0v) is 13.3. The van der Waals surface area contributed by atoms with Gasteiger partial charge in [0.05, 0.1) is 22.8 Å². The fraction of sp³-hybridized carbons (Fsp3) is 0.118. The molecule has 5 heteroatoms. The molecule has 4 rings (SSSR count). The number of nitrogens with zero attached hydrogens (tertiary/aromatic N) is 3. The molecule has 0 saturated heterocycles. The summed E-state index contributed by atoms with van der Waals surface area (Å²) in [5, 5.41) is 4.49. The molecule has 4 nitrogen and oxygen atoms in total. The van der Waals surface area contributed by atoms with Gasteiger partial charge in [-0.1, -0.05) is 34.1 Å². The molecule has 0 bridgehead atoms. The molecule has 1 atom stereocenters. The van der Waals surface area contributed by atoms with Crippen LogP contribution in [0.5, 0.6) is 0 Å². The quantitative estimate of drug-likeness (QED) is 0.762. The number of halogens is 1. The van der Waals surface area contributed by atoms with Crippen LogP contribution >= 0.6 is 15.9 Å². The Morgan fingerprint density at radius 1 is 0.955 bits per heavy atom. The smallest absolute Gasteiger partial charge is 0.0890 e. The van der Waals surface area contributed by atoms with Crippen molar-refractivity contribution < 1.29 is 0 Å². The van der Waals surface area contributed by atoms with Crippen molar-refractivity contribution in [3.05, 3.63) is 70.5 Å². The van der Waals surface area contributed by atoms with Crippen molar-refractivity contribution in [3.8, 4) is 0 Å². The third-order valence-electron chi connectivity index (χ3n) is 3.83. The highest BCUT2D eigenvalue weighted by Gasteiger charge is 2.21. The molecule has 1 aliphatic rings. The average Bonchev–Trinajstić information content (AvgIpc) is 3.05. The van der Waals surface area contributed by atoms with E-state index in [-0.39, 0.29) is 6.04 Å². The summed E-state index contributed by atoms with van der Waals surface area (Å²) in [7, 11) is 0. The summed E-state index contributed by atoms with van der Waals surface area (Å²) >= 11 is 3.46. The molecular weight excluding hydrogens is 340 g/mol. The van der Waals surface area contributed by atoms with Crippen LogP contribution in [0.25, 0.3) is 11.0 Å². The van der Waals surface area contributed by atoms with Crippen molar-refractivity contribution in [1.29, 1.82) is 0 Å². The van der Waals surface area contributed by atoms with E-state index in [9.17, 15) is 0 Å². The molecule has 1 N–H and O–H groups in total. The highest BCUT2D eigenvalue weighted by molar-refractivity contribution is 9.10. The lowest BCUT2D eigenvalue weighted by atomic mass is 9.99. The summed E-state index contributed by atoms with van der Waals surface area (Å²) in [5.74, 6) is 0. The first-order valence-corrected chi connectivity index (χ1v) is 7.87. The fourth-order valence-electron chi connectivity index (χ4n) is 2.65. The van der Waals surface area contributed by atoms with Gasteiger partial charge in [-0.05, 0) is 35.4 Å². The molecule has 1 aromatic heterocycles. The predicted molar refractivity (Wildman–Crippen MR) is 90.7 cm³/mol. The first-order chi connectivity index (χ1) is 10.8. The van der Waals surface area contributed by atoms with Gasteiger partial charge in [0, 0.05) is 23.3 Å². The Balaban J connectivity index is 1.58. The molecule has 2 aromatic carbocycles. The van der Waals surface area contributed by atoms with Crippen LogP contribution in [0.4, 0.5) is 0 Å². The van der Waals surface area contributed by atoms with E-state index >= 15 is 0 Å². The SMILES string of the molecule is Brc1ccc(C2=NNC(c3ccc4nccnc4c3)C2)cc1. The zero-order chi connectivity index (χ0) is 14.9. The first kappa shape index (κ1) is 13.4. The zero-order valence-electron chi connectivity index (χ0n) is 11.7. The van der Waals surface area contributed by atoms with Crippen molar-refractivity contribution >= 4 is 32.7 Å². The second-order valence-corrected chi connectivity index (χ2v) is 6.17. The number of hydrazone groups is 1. The van der Waals surface area contributed by atoms with E-state index in [1.165, 1.54) is 5.56 Å². The summed E-state index contributed by atoms with van der Waals surface area (Å²) in [6.45, 7) is 0. The third-order valence-corrected chi connectivity index (χ3v) is 4.35. The lowest BCUT2D eigenvalue weighted by molar-refractivity contribution is 0.620. The predicted octanol–water partition coefficient (Wildman–Crippen LogP) is 3.83. The van der Waals surface area contributed by atoms with Gasteiger partial charge in [-0.25, -0.2) is 0 Å². The van der Waals surface area contributed by atoms with Gasteiger partial charge >= 0.3 is 0 Å². The standard InChI is InChI=1S/C17H13BrN4/c18-13-4-1-11(2-5-13)15-10-16(22-21-15)12-3-6-14-17(9-12)20-8-7-19-14/h1-9,16,22H,10H2. The van der Waals surface area contributed by atoms with Gasteiger partial charge in [0.15, 0.2) is 0 Å². The van der Waals surface area contributed by atoms with Crippen LogP contribution in [-0.2, 0) is 0 Å². The average molecular weight is 353 g/mol. The number of nitrogens with one attached hydrogen (secondary N) is 1. The largest absolute Gasteiger partial charge is 0.302 e. The van der Waals surface area contributed by atoms with E-state index in [1.54, 1.807) is 12.4 Å². The van der Waals surface area contributed by atoms with Crippen LogP contribution in [0.3, 0.4) is 0 Å². The molecule has 3 aromatic rings. The summed E-state index contributed by atoms with van der Waals surface area (Å²) in [6.07, 6.45) is 4.30. The molecule has 0 saturated carbocycles. The van der Waals surface area contributed by atoms with E-state index in [4.69, 9.17) is 0 Å². The number of rotatable bonds is 2. The van der Waals surface area contributed by atoms with Crippen molar-refractivity contribution in [3.63, 3.8) is 0 Å². The molecule has 0 radical (unpaired) electrons. The van der Waals surface area contributed by atoms with Gasteiger partial charge in [-0.3, -0.25) is 9.97 Å². The first-order valence-electron chi connectivity index (χ1n) is 7.08. The topological polar surface area (TPSA) is 50.2 Å². The van der Waals surface area contributed by atoms with Gasteiger partial charge < -0.3 is 5.43 Å². The molecule has 0 aliphatic carbocycles. The normalized spacial score (nSPS) is 17.3. The number of fused-ring (bicyclic) bond motifs is 1. The molecular formula is C17H13BrN4. The van der Waals surface area contributed by atoms with E-state index in [0.717, 1.165) is 33.2 Å². The van der Waals surface area contributed by atoms with Crippen molar-refractivity contribution in [2.45, 2.75) is 12.5 Å². The number of aromatic nitrogens is 2. The fourth-order valence-corrected chi connectivity index (χ4v) is 2.92. The molecule has 2 heterocycles. The highest BCUT2D eigenvalue weighted by atomic mass is 79.9. The van der Waals surface area contributed by atoms with Crippen LogP contribution in [0.15, 0.2) is 64.4 Å². The minimum absolute atomic E-state index is 0.185. The van der Waals surface area contributed by atoms with E-state index in [2.05, 4.69) is 60.7 Å². The van der Waals surface area contributed by atoms with Gasteiger partial charge in [-0.15, -0.1) is 0 Å². The van der Waals surface area contributed by atoms with E-state index in [0.29, 0.717) is 0 Å². The minimum Gasteiger partial charge on any atom is -0.302 e. The second kappa shape index (κ2) is 5.50. The van der Waals surface area contributed by atoms with Crippen LogP contribution in [0.2, 0.25) is 0 Å². The van der Waals surface area contributed by atoms with Crippen LogP contribution in [-0.4, -0.2) is 15.7 Å². The Morgan fingerprint density at radius 3 is 2.55 bits per heavy atom. The Hall–Kier alpha value is -2.27. The van der Waals surface area contributed by atoms with Crippen molar-refractivity contribution in [2.75, 3.05) is 0 Å². The number of hydrogen-bond acceptors (Lipinski definition) is 4. The molecule has 1 unspecified atom stereocenters. The minimum atomic E-state index is 0.185. The lowest BCUT2D eigenvalue weighted by Crippen LogP contribution is -2.10. The maximum atomic E-state index is 4.49. The van der Waals surface area contributed by atoms with Gasteiger partial charge in [0.25, 0.3) is 0 Å². The molecule has 22 heavy (non-hydrogen) atoms. The molecule has 0 fully saturated rings. The van der Waals surface area contributed by atoms with E-state index < -0.39 is 0 Å². The molecule has 0 spiro atoms. The van der Waals surface area contributed by atoms with Gasteiger partial charge in [-0.2, -0.15) is 5.10 Å². The summed E-state index contributed by atoms with van der Waals surface area (Å²) < 4.78 is 1.08. The third kappa shape index (κ3) is 2.48. The van der Waals surface area contributed by atoms with Gasteiger partial charge in [0.1, 0.15) is 0 Å². The Morgan fingerprint density at radius 2 is 1.73 bits per heavy atom. The Kier molecular flexibility index (Phi) is 3.35.